The Labute approximate surface area is 183 Å². The molecule has 0 bridgehead atoms. The minimum atomic E-state index is -1.80. The average Bonchev–Trinajstić information content (AvgIpc) is 3.26. The molecule has 0 unspecified atom stereocenters. The van der Waals surface area contributed by atoms with Crippen molar-refractivity contribution >= 4 is 29.1 Å². The first kappa shape index (κ1) is 20.4. The third-order valence-corrected chi connectivity index (χ3v) is 11.6. The Bertz CT molecular complexity index is 1050. The molecule has 0 saturated heterocycles. The van der Waals surface area contributed by atoms with E-state index >= 15 is 0 Å². The van der Waals surface area contributed by atoms with Crippen molar-refractivity contribution < 1.29 is 9.47 Å². The predicted octanol–water partition coefficient (Wildman–Crippen LogP) is 5.92. The molecule has 1 heterocycles. The van der Waals surface area contributed by atoms with Crippen LogP contribution in [0.2, 0.25) is 13.1 Å². The Morgan fingerprint density at radius 2 is 1.20 bits per heavy atom. The number of rotatable bonds is 6. The van der Waals surface area contributed by atoms with Crippen LogP contribution in [0.1, 0.15) is 0 Å². The van der Waals surface area contributed by atoms with Gasteiger partial charge in [0, 0.05) is 10.4 Å². The third-order valence-electron chi connectivity index (χ3n) is 5.60. The van der Waals surface area contributed by atoms with Gasteiger partial charge in [-0.25, -0.2) is 0 Å². The zero-order chi connectivity index (χ0) is 21.1. The number of thiophene rings is 1. The van der Waals surface area contributed by atoms with Gasteiger partial charge in [0.2, 0.25) is 0 Å². The van der Waals surface area contributed by atoms with Crippen molar-refractivity contribution in [3.8, 4) is 33.1 Å². The SMILES string of the molecule is COc1ccc(-c2cc([Si](C)(C)c3ccccc3)sc2-c2ccc(OC)cc2)cc1. The zero-order valence-electron chi connectivity index (χ0n) is 17.8. The van der Waals surface area contributed by atoms with Crippen molar-refractivity contribution in [3.63, 3.8) is 0 Å². The standard InChI is InChI=1S/C26H26O2SSi/c1-27-21-14-10-19(11-15-21)24-18-25(30(3,4)23-8-6-5-7-9-23)29-26(24)20-12-16-22(28-2)17-13-20/h5-18H,1-4H3. The van der Waals surface area contributed by atoms with Crippen molar-refractivity contribution in [1.82, 2.24) is 0 Å². The maximum Gasteiger partial charge on any atom is 0.124 e. The van der Waals surface area contributed by atoms with Gasteiger partial charge in [-0.1, -0.05) is 60.7 Å². The summed E-state index contributed by atoms with van der Waals surface area (Å²) in [5.74, 6) is 1.75. The molecular weight excluding hydrogens is 404 g/mol. The molecule has 0 radical (unpaired) electrons. The Kier molecular flexibility index (Phi) is 5.80. The quantitative estimate of drug-likeness (QED) is 0.353. The van der Waals surface area contributed by atoms with Crippen molar-refractivity contribution in [3.05, 3.63) is 84.9 Å². The van der Waals surface area contributed by atoms with Crippen LogP contribution < -0.4 is 19.2 Å². The number of methoxy groups -OCH3 is 2. The van der Waals surface area contributed by atoms with E-state index in [-0.39, 0.29) is 0 Å². The van der Waals surface area contributed by atoms with Gasteiger partial charge in [0.25, 0.3) is 0 Å². The molecule has 0 amide bonds. The monoisotopic (exact) mass is 430 g/mol. The Morgan fingerprint density at radius 3 is 1.73 bits per heavy atom. The van der Waals surface area contributed by atoms with Crippen LogP contribution >= 0.6 is 11.3 Å². The minimum absolute atomic E-state index is 0.874. The summed E-state index contributed by atoms with van der Waals surface area (Å²) in [7, 11) is 1.61. The molecular formula is C26H26O2SSi. The van der Waals surface area contributed by atoms with E-state index in [0.717, 1.165) is 11.5 Å². The van der Waals surface area contributed by atoms with E-state index in [0.29, 0.717) is 0 Å². The van der Waals surface area contributed by atoms with E-state index in [9.17, 15) is 0 Å². The second-order valence-electron chi connectivity index (χ2n) is 7.80. The minimum Gasteiger partial charge on any atom is -0.497 e. The van der Waals surface area contributed by atoms with Gasteiger partial charge in [-0.3, -0.25) is 0 Å². The molecule has 30 heavy (non-hydrogen) atoms. The lowest BCUT2D eigenvalue weighted by molar-refractivity contribution is 0.414. The van der Waals surface area contributed by atoms with Crippen LogP contribution in [0.3, 0.4) is 0 Å². The Morgan fingerprint density at radius 1 is 0.667 bits per heavy atom. The second-order valence-corrected chi connectivity index (χ2v) is 13.6. The number of hydrogen-bond acceptors (Lipinski definition) is 3. The average molecular weight is 431 g/mol. The van der Waals surface area contributed by atoms with E-state index in [1.807, 2.05) is 35.6 Å². The molecule has 2 nitrogen and oxygen atoms in total. The summed E-state index contributed by atoms with van der Waals surface area (Å²) >= 11 is 1.92. The van der Waals surface area contributed by atoms with Crippen LogP contribution in [0.4, 0.5) is 0 Å². The fourth-order valence-electron chi connectivity index (χ4n) is 3.64. The van der Waals surface area contributed by atoms with Crippen molar-refractivity contribution in [2.24, 2.45) is 0 Å². The maximum atomic E-state index is 5.36. The van der Waals surface area contributed by atoms with E-state index in [2.05, 4.69) is 73.8 Å². The first-order valence-electron chi connectivity index (χ1n) is 10.0. The van der Waals surface area contributed by atoms with Gasteiger partial charge < -0.3 is 9.47 Å². The Balaban J connectivity index is 1.86. The highest BCUT2D eigenvalue weighted by Gasteiger charge is 2.29. The molecule has 0 aliphatic heterocycles. The van der Waals surface area contributed by atoms with Crippen LogP contribution in [0.25, 0.3) is 21.6 Å². The van der Waals surface area contributed by atoms with Crippen LogP contribution in [0.5, 0.6) is 11.5 Å². The molecule has 4 heteroatoms. The van der Waals surface area contributed by atoms with Gasteiger partial charge in [-0.2, -0.15) is 0 Å². The fourth-order valence-corrected chi connectivity index (χ4v) is 8.07. The van der Waals surface area contributed by atoms with Gasteiger partial charge in [0.05, 0.1) is 14.2 Å². The van der Waals surface area contributed by atoms with E-state index in [1.54, 1.807) is 14.2 Å². The van der Waals surface area contributed by atoms with E-state index in [4.69, 9.17) is 9.47 Å². The Hall–Kier alpha value is -2.82. The molecule has 4 aromatic rings. The normalized spacial score (nSPS) is 11.3. The summed E-state index contributed by atoms with van der Waals surface area (Å²) in [5, 5.41) is 1.45. The molecule has 0 aliphatic rings. The van der Waals surface area contributed by atoms with E-state index in [1.165, 1.54) is 31.3 Å². The van der Waals surface area contributed by atoms with Crippen LogP contribution in [-0.4, -0.2) is 22.3 Å². The summed E-state index contributed by atoms with van der Waals surface area (Å²) in [6, 6.07) is 30.1. The molecule has 4 rings (SSSR count). The van der Waals surface area contributed by atoms with E-state index < -0.39 is 8.07 Å². The molecule has 0 N–H and O–H groups in total. The molecule has 0 aliphatic carbocycles. The van der Waals surface area contributed by atoms with Gasteiger partial charge in [0.15, 0.2) is 0 Å². The highest BCUT2D eigenvalue weighted by molar-refractivity contribution is 7.31. The van der Waals surface area contributed by atoms with Crippen LogP contribution in [-0.2, 0) is 0 Å². The largest absolute Gasteiger partial charge is 0.497 e. The summed E-state index contributed by atoms with van der Waals surface area (Å²) < 4.78 is 12.2. The van der Waals surface area contributed by atoms with Crippen LogP contribution in [0.15, 0.2) is 84.9 Å². The number of benzene rings is 3. The van der Waals surface area contributed by atoms with Gasteiger partial charge >= 0.3 is 0 Å². The lowest BCUT2D eigenvalue weighted by Gasteiger charge is -2.21. The lowest BCUT2D eigenvalue weighted by Crippen LogP contribution is -2.51. The first-order valence-corrected chi connectivity index (χ1v) is 13.8. The maximum absolute atomic E-state index is 5.36. The van der Waals surface area contributed by atoms with Gasteiger partial charge in [-0.05, 0) is 58.1 Å². The van der Waals surface area contributed by atoms with Crippen molar-refractivity contribution in [1.29, 1.82) is 0 Å². The molecule has 0 atom stereocenters. The predicted molar refractivity (Wildman–Crippen MR) is 131 cm³/mol. The first-order chi connectivity index (χ1) is 14.5. The summed E-state index contributed by atoms with van der Waals surface area (Å²) in [6.07, 6.45) is 0. The number of ether oxygens (including phenoxy) is 2. The molecule has 0 fully saturated rings. The van der Waals surface area contributed by atoms with Crippen molar-refractivity contribution in [2.75, 3.05) is 14.2 Å². The molecule has 3 aromatic carbocycles. The highest BCUT2D eigenvalue weighted by Crippen LogP contribution is 2.38. The third kappa shape index (κ3) is 3.93. The van der Waals surface area contributed by atoms with Gasteiger partial charge in [-0.15, -0.1) is 11.3 Å². The number of hydrogen-bond donors (Lipinski definition) is 0. The molecule has 0 saturated carbocycles. The summed E-state index contributed by atoms with van der Waals surface area (Å²) in [5.41, 5.74) is 3.71. The highest BCUT2D eigenvalue weighted by atomic mass is 32.1. The smallest absolute Gasteiger partial charge is 0.124 e. The summed E-state index contributed by atoms with van der Waals surface area (Å²) in [6.45, 7) is 4.87. The fraction of sp³-hybridized carbons (Fsp3) is 0.154. The second kappa shape index (κ2) is 8.50. The molecule has 152 valence electrons. The molecule has 0 spiro atoms. The zero-order valence-corrected chi connectivity index (χ0v) is 19.6. The topological polar surface area (TPSA) is 18.5 Å². The van der Waals surface area contributed by atoms with Crippen LogP contribution in [0, 0.1) is 0 Å². The summed E-state index contributed by atoms with van der Waals surface area (Å²) in [4.78, 5) is 1.30. The van der Waals surface area contributed by atoms with Crippen molar-refractivity contribution in [2.45, 2.75) is 13.1 Å². The van der Waals surface area contributed by atoms with Gasteiger partial charge in [0.1, 0.15) is 19.6 Å². The molecule has 1 aromatic heterocycles. The lowest BCUT2D eigenvalue weighted by atomic mass is 10.0.